The van der Waals surface area contributed by atoms with E-state index < -0.39 is 0 Å². The van der Waals surface area contributed by atoms with Gasteiger partial charge in [0.1, 0.15) is 11.3 Å². The molecule has 23 heavy (non-hydrogen) atoms. The molecule has 0 aliphatic carbocycles. The van der Waals surface area contributed by atoms with Gasteiger partial charge in [0, 0.05) is 30.8 Å². The Balaban J connectivity index is 1.68. The maximum Gasteiger partial charge on any atom is 0.274 e. The molecule has 6 heteroatoms. The molecule has 6 nitrogen and oxygen atoms in total. The van der Waals surface area contributed by atoms with Crippen molar-refractivity contribution in [3.8, 4) is 0 Å². The van der Waals surface area contributed by atoms with E-state index in [0.717, 1.165) is 36.4 Å². The van der Waals surface area contributed by atoms with E-state index in [1.165, 1.54) is 0 Å². The number of hydrogen-bond donors (Lipinski definition) is 0. The molecule has 3 aromatic heterocycles. The Hall–Kier alpha value is -2.76. The zero-order chi connectivity index (χ0) is 15.8. The molecule has 1 atom stereocenters. The van der Waals surface area contributed by atoms with E-state index in [0.29, 0.717) is 5.69 Å². The van der Waals surface area contributed by atoms with Crippen LogP contribution in [0.3, 0.4) is 0 Å². The van der Waals surface area contributed by atoms with Crippen LogP contribution in [0.4, 0.5) is 0 Å². The summed E-state index contributed by atoms with van der Waals surface area (Å²) >= 11 is 0. The molecule has 116 valence electrons. The Kier molecular flexibility index (Phi) is 3.29. The number of nitrogens with zero attached hydrogens (tertiary/aromatic N) is 5. The van der Waals surface area contributed by atoms with Gasteiger partial charge < -0.3 is 9.30 Å². The molecule has 0 spiro atoms. The third-order valence-electron chi connectivity index (χ3n) is 4.35. The second-order valence-electron chi connectivity index (χ2n) is 5.81. The molecule has 1 amide bonds. The smallest absolute Gasteiger partial charge is 0.274 e. The normalized spacial score (nSPS) is 17.8. The number of carbonyl (C=O) groups is 1. The zero-order valence-corrected chi connectivity index (χ0v) is 12.9. The summed E-state index contributed by atoms with van der Waals surface area (Å²) in [5.41, 5.74) is 3.18. The van der Waals surface area contributed by atoms with E-state index in [2.05, 4.69) is 15.0 Å². The molecule has 0 aromatic carbocycles. The van der Waals surface area contributed by atoms with Gasteiger partial charge in [0.15, 0.2) is 0 Å². The van der Waals surface area contributed by atoms with Gasteiger partial charge in [-0.1, -0.05) is 6.07 Å². The Morgan fingerprint density at radius 2 is 2.22 bits per heavy atom. The van der Waals surface area contributed by atoms with Crippen LogP contribution >= 0.6 is 0 Å². The molecule has 0 N–H and O–H groups in total. The number of aromatic nitrogens is 4. The molecule has 1 aliphatic rings. The van der Waals surface area contributed by atoms with Gasteiger partial charge in [-0.3, -0.25) is 14.8 Å². The quantitative estimate of drug-likeness (QED) is 0.729. The summed E-state index contributed by atoms with van der Waals surface area (Å²) in [6.45, 7) is 2.73. The summed E-state index contributed by atoms with van der Waals surface area (Å²) in [6, 6.07) is 5.85. The minimum Gasteiger partial charge on any atom is -0.329 e. The highest BCUT2D eigenvalue weighted by atomic mass is 16.2. The van der Waals surface area contributed by atoms with Crippen molar-refractivity contribution in [2.75, 3.05) is 6.54 Å². The first-order valence-electron chi connectivity index (χ1n) is 7.75. The van der Waals surface area contributed by atoms with Crippen molar-refractivity contribution in [1.29, 1.82) is 0 Å². The molecule has 0 radical (unpaired) electrons. The first-order chi connectivity index (χ1) is 11.2. The predicted molar refractivity (Wildman–Crippen MR) is 85.0 cm³/mol. The van der Waals surface area contributed by atoms with Crippen LogP contribution in [0.15, 0.2) is 43.0 Å². The maximum absolute atomic E-state index is 12.9. The Bertz CT molecular complexity index is 858. The lowest BCUT2D eigenvalue weighted by atomic mass is 10.1. The fraction of sp³-hybridized carbons (Fsp3) is 0.294. The second kappa shape index (κ2) is 5.46. The van der Waals surface area contributed by atoms with Gasteiger partial charge in [0.25, 0.3) is 5.91 Å². The summed E-state index contributed by atoms with van der Waals surface area (Å²) in [5.74, 6) is -0.0405. The van der Waals surface area contributed by atoms with E-state index in [-0.39, 0.29) is 11.9 Å². The van der Waals surface area contributed by atoms with E-state index in [1.807, 2.05) is 40.6 Å². The average molecular weight is 307 g/mol. The standard InChI is InChI=1S/C17H17N5O/c1-12-4-2-6-16-20-14(11-22(12)16)17(23)21-9-3-5-15(21)13-10-18-7-8-19-13/h2,4,6-8,10-11,15H,3,5,9H2,1H3/t15-/m1/s1. The van der Waals surface area contributed by atoms with Gasteiger partial charge >= 0.3 is 0 Å². The number of imidazole rings is 1. The number of aryl methyl sites for hydroxylation is 1. The molecule has 0 bridgehead atoms. The zero-order valence-electron chi connectivity index (χ0n) is 12.9. The fourth-order valence-electron chi connectivity index (χ4n) is 3.20. The summed E-state index contributed by atoms with van der Waals surface area (Å²) in [6.07, 6.45) is 8.76. The van der Waals surface area contributed by atoms with Gasteiger partial charge in [0.05, 0.1) is 17.9 Å². The lowest BCUT2D eigenvalue weighted by molar-refractivity contribution is 0.0727. The van der Waals surface area contributed by atoms with Gasteiger partial charge in [-0.05, 0) is 31.9 Å². The maximum atomic E-state index is 12.9. The molecule has 0 unspecified atom stereocenters. The molecular weight excluding hydrogens is 290 g/mol. The number of carbonyl (C=O) groups excluding carboxylic acids is 1. The van der Waals surface area contributed by atoms with E-state index >= 15 is 0 Å². The number of amides is 1. The van der Waals surface area contributed by atoms with Crippen molar-refractivity contribution >= 4 is 11.6 Å². The first-order valence-corrected chi connectivity index (χ1v) is 7.75. The molecule has 0 saturated carbocycles. The van der Waals surface area contributed by atoms with Crippen LogP contribution in [0.5, 0.6) is 0 Å². The van der Waals surface area contributed by atoms with Crippen molar-refractivity contribution in [1.82, 2.24) is 24.3 Å². The third-order valence-corrected chi connectivity index (χ3v) is 4.35. The predicted octanol–water partition coefficient (Wildman–Crippen LogP) is 2.41. The molecule has 1 aliphatic heterocycles. The van der Waals surface area contributed by atoms with Crippen LogP contribution < -0.4 is 0 Å². The van der Waals surface area contributed by atoms with E-state index in [9.17, 15) is 4.79 Å². The largest absolute Gasteiger partial charge is 0.329 e. The summed E-state index contributed by atoms with van der Waals surface area (Å²) in [4.78, 5) is 27.7. The number of hydrogen-bond acceptors (Lipinski definition) is 4. The number of fused-ring (bicyclic) bond motifs is 1. The average Bonchev–Trinajstić information content (AvgIpc) is 3.23. The molecule has 4 rings (SSSR count). The van der Waals surface area contributed by atoms with Gasteiger partial charge in [-0.15, -0.1) is 0 Å². The number of pyridine rings is 1. The molecule has 1 saturated heterocycles. The monoisotopic (exact) mass is 307 g/mol. The van der Waals surface area contributed by atoms with Crippen LogP contribution in [0, 0.1) is 6.92 Å². The number of rotatable bonds is 2. The summed E-state index contributed by atoms with van der Waals surface area (Å²) in [7, 11) is 0. The van der Waals surface area contributed by atoms with Gasteiger partial charge in [0.2, 0.25) is 0 Å². The van der Waals surface area contributed by atoms with Crippen LogP contribution in [0.1, 0.15) is 40.8 Å². The topological polar surface area (TPSA) is 63.4 Å². The summed E-state index contributed by atoms with van der Waals surface area (Å²) in [5, 5.41) is 0. The first kappa shape index (κ1) is 13.9. The second-order valence-corrected chi connectivity index (χ2v) is 5.81. The van der Waals surface area contributed by atoms with Crippen molar-refractivity contribution < 1.29 is 4.79 Å². The Morgan fingerprint density at radius 1 is 1.30 bits per heavy atom. The van der Waals surface area contributed by atoms with Crippen molar-refractivity contribution in [3.63, 3.8) is 0 Å². The SMILES string of the molecule is Cc1cccc2nc(C(=O)N3CCC[C@@H]3c3cnccn3)cn12. The Labute approximate surface area is 133 Å². The summed E-state index contributed by atoms with van der Waals surface area (Å²) < 4.78 is 1.95. The van der Waals surface area contributed by atoms with Gasteiger partial charge in [-0.25, -0.2) is 4.98 Å². The molecule has 4 heterocycles. The van der Waals surface area contributed by atoms with Crippen LogP contribution in [0.2, 0.25) is 0 Å². The lowest BCUT2D eigenvalue weighted by Crippen LogP contribution is -2.31. The third kappa shape index (κ3) is 2.36. The van der Waals surface area contributed by atoms with Crippen LogP contribution in [0.25, 0.3) is 5.65 Å². The fourth-order valence-corrected chi connectivity index (χ4v) is 3.20. The molecular formula is C17H17N5O. The van der Waals surface area contributed by atoms with E-state index in [1.54, 1.807) is 18.6 Å². The highest BCUT2D eigenvalue weighted by Gasteiger charge is 2.32. The number of likely N-dealkylation sites (tertiary alicyclic amines) is 1. The van der Waals surface area contributed by atoms with Crippen molar-refractivity contribution in [2.24, 2.45) is 0 Å². The highest BCUT2D eigenvalue weighted by molar-refractivity contribution is 5.93. The minimum atomic E-state index is -0.0405. The minimum absolute atomic E-state index is 0.0119. The highest BCUT2D eigenvalue weighted by Crippen LogP contribution is 2.31. The van der Waals surface area contributed by atoms with E-state index in [4.69, 9.17) is 0 Å². The Morgan fingerprint density at radius 3 is 3.00 bits per heavy atom. The van der Waals surface area contributed by atoms with Crippen LogP contribution in [-0.2, 0) is 0 Å². The van der Waals surface area contributed by atoms with Crippen molar-refractivity contribution in [3.05, 3.63) is 60.1 Å². The van der Waals surface area contributed by atoms with Crippen molar-refractivity contribution in [2.45, 2.75) is 25.8 Å². The molecule has 1 fully saturated rings. The van der Waals surface area contributed by atoms with Crippen LogP contribution in [-0.4, -0.2) is 36.7 Å². The lowest BCUT2D eigenvalue weighted by Gasteiger charge is -2.23. The molecule has 3 aromatic rings. The van der Waals surface area contributed by atoms with Gasteiger partial charge in [-0.2, -0.15) is 0 Å².